The zero-order valence-electron chi connectivity index (χ0n) is 13.7. The molecule has 0 saturated carbocycles. The van der Waals surface area contributed by atoms with Crippen molar-refractivity contribution in [3.63, 3.8) is 0 Å². The van der Waals surface area contributed by atoms with Crippen molar-refractivity contribution in [1.29, 1.82) is 0 Å². The Hall–Kier alpha value is -3.03. The Morgan fingerprint density at radius 2 is 1.77 bits per heavy atom. The number of carbonyl (C=O) groups is 2. The molecular formula is C18H16F3NO4. The largest absolute Gasteiger partial charge is 0.482 e. The van der Waals surface area contributed by atoms with Crippen LogP contribution in [0.2, 0.25) is 0 Å². The molecule has 0 radical (unpaired) electrons. The molecule has 1 N–H and O–H groups in total. The highest BCUT2D eigenvalue weighted by atomic mass is 19.4. The second kappa shape index (κ2) is 8.37. The van der Waals surface area contributed by atoms with Crippen LogP contribution < -0.4 is 10.1 Å². The Balaban J connectivity index is 1.86. The standard InChI is InChI=1S/C18H16F3NO4/c1-12(26-16(23)11-25-15-8-3-2-4-9-15)17(24)22-14-7-5-6-13(10-14)18(19,20)21/h2-10,12H,11H2,1H3,(H,22,24)/t12-/m1/s1. The molecule has 1 amide bonds. The first-order chi connectivity index (χ1) is 12.3. The maximum absolute atomic E-state index is 12.7. The lowest BCUT2D eigenvalue weighted by atomic mass is 10.2. The molecule has 0 aliphatic heterocycles. The van der Waals surface area contributed by atoms with Crippen LogP contribution in [-0.2, 0) is 20.5 Å². The number of anilines is 1. The normalized spacial score (nSPS) is 12.2. The predicted octanol–water partition coefficient (Wildman–Crippen LogP) is 3.65. The van der Waals surface area contributed by atoms with E-state index in [1.807, 2.05) is 0 Å². The topological polar surface area (TPSA) is 64.6 Å². The second-order valence-corrected chi connectivity index (χ2v) is 5.30. The van der Waals surface area contributed by atoms with Crippen molar-refractivity contribution in [3.8, 4) is 5.75 Å². The van der Waals surface area contributed by atoms with Gasteiger partial charge in [0.2, 0.25) is 0 Å². The third kappa shape index (κ3) is 5.80. The Morgan fingerprint density at radius 3 is 2.42 bits per heavy atom. The molecule has 0 bridgehead atoms. The second-order valence-electron chi connectivity index (χ2n) is 5.30. The van der Waals surface area contributed by atoms with E-state index >= 15 is 0 Å². The Kier molecular flexibility index (Phi) is 6.21. The van der Waals surface area contributed by atoms with Crippen molar-refractivity contribution in [1.82, 2.24) is 0 Å². The van der Waals surface area contributed by atoms with Gasteiger partial charge in [-0.1, -0.05) is 24.3 Å². The summed E-state index contributed by atoms with van der Waals surface area (Å²) in [4.78, 5) is 23.7. The third-order valence-corrected chi connectivity index (χ3v) is 3.23. The molecule has 0 fully saturated rings. The smallest absolute Gasteiger partial charge is 0.416 e. The number of nitrogens with one attached hydrogen (secondary N) is 1. The fraction of sp³-hybridized carbons (Fsp3) is 0.222. The summed E-state index contributed by atoms with van der Waals surface area (Å²) >= 11 is 0. The van der Waals surface area contributed by atoms with Crippen molar-refractivity contribution >= 4 is 17.6 Å². The van der Waals surface area contributed by atoms with Crippen molar-refractivity contribution in [2.75, 3.05) is 11.9 Å². The first-order valence-corrected chi connectivity index (χ1v) is 7.61. The zero-order valence-corrected chi connectivity index (χ0v) is 13.7. The minimum absolute atomic E-state index is 0.0479. The number of ether oxygens (including phenoxy) is 2. The molecule has 0 spiro atoms. The maximum atomic E-state index is 12.7. The summed E-state index contributed by atoms with van der Waals surface area (Å²) in [6.45, 7) is 0.911. The van der Waals surface area contributed by atoms with Crippen LogP contribution in [0.15, 0.2) is 54.6 Å². The zero-order chi connectivity index (χ0) is 19.2. The van der Waals surface area contributed by atoms with Gasteiger partial charge in [0, 0.05) is 5.69 Å². The molecule has 0 heterocycles. The summed E-state index contributed by atoms with van der Waals surface area (Å²) in [6.07, 6.45) is -5.72. The SMILES string of the molecule is C[C@@H](OC(=O)COc1ccccc1)C(=O)Nc1cccc(C(F)(F)F)c1. The number of hydrogen-bond acceptors (Lipinski definition) is 4. The lowest BCUT2D eigenvalue weighted by Gasteiger charge is -2.15. The Labute approximate surface area is 147 Å². The van der Waals surface area contributed by atoms with Gasteiger partial charge in [-0.3, -0.25) is 4.79 Å². The Morgan fingerprint density at radius 1 is 1.08 bits per heavy atom. The van der Waals surface area contributed by atoms with E-state index in [2.05, 4.69) is 5.32 Å². The van der Waals surface area contributed by atoms with E-state index in [9.17, 15) is 22.8 Å². The van der Waals surface area contributed by atoms with Crippen LogP contribution in [0.3, 0.4) is 0 Å². The molecule has 0 unspecified atom stereocenters. The highest BCUT2D eigenvalue weighted by Crippen LogP contribution is 2.30. The fourth-order valence-electron chi connectivity index (χ4n) is 1.96. The number of carbonyl (C=O) groups excluding carboxylic acids is 2. The van der Waals surface area contributed by atoms with Crippen LogP contribution in [0.1, 0.15) is 12.5 Å². The summed E-state index contributed by atoms with van der Waals surface area (Å²) in [7, 11) is 0. The van der Waals surface area contributed by atoms with Gasteiger partial charge in [-0.2, -0.15) is 13.2 Å². The van der Waals surface area contributed by atoms with Gasteiger partial charge >= 0.3 is 12.1 Å². The average molecular weight is 367 g/mol. The number of halogens is 3. The molecular weight excluding hydrogens is 351 g/mol. The molecule has 2 aromatic rings. The number of rotatable bonds is 6. The minimum atomic E-state index is -4.52. The number of hydrogen-bond donors (Lipinski definition) is 1. The van der Waals surface area contributed by atoms with Crippen LogP contribution in [0.5, 0.6) is 5.75 Å². The first kappa shape index (κ1) is 19.3. The van der Waals surface area contributed by atoms with Gasteiger partial charge in [-0.15, -0.1) is 0 Å². The summed E-state index contributed by atoms with van der Waals surface area (Å²) in [6, 6.07) is 12.7. The van der Waals surface area contributed by atoms with Crippen LogP contribution in [0, 0.1) is 0 Å². The summed E-state index contributed by atoms with van der Waals surface area (Å²) in [5.41, 5.74) is -0.940. The van der Waals surface area contributed by atoms with Crippen LogP contribution >= 0.6 is 0 Å². The van der Waals surface area contributed by atoms with Crippen molar-refractivity contribution in [2.45, 2.75) is 19.2 Å². The van der Waals surface area contributed by atoms with E-state index in [0.29, 0.717) is 5.75 Å². The third-order valence-electron chi connectivity index (χ3n) is 3.23. The van der Waals surface area contributed by atoms with E-state index in [-0.39, 0.29) is 5.69 Å². The van der Waals surface area contributed by atoms with Crippen molar-refractivity contribution in [2.24, 2.45) is 0 Å². The molecule has 1 atom stereocenters. The lowest BCUT2D eigenvalue weighted by Crippen LogP contribution is -2.31. The summed E-state index contributed by atoms with van der Waals surface area (Å²) < 4.78 is 48.1. The van der Waals surface area contributed by atoms with E-state index in [4.69, 9.17) is 9.47 Å². The molecule has 0 saturated heterocycles. The molecule has 138 valence electrons. The first-order valence-electron chi connectivity index (χ1n) is 7.61. The molecule has 0 aliphatic carbocycles. The monoisotopic (exact) mass is 367 g/mol. The van der Waals surface area contributed by atoms with Gasteiger partial charge in [0.15, 0.2) is 12.7 Å². The lowest BCUT2D eigenvalue weighted by molar-refractivity contribution is -0.155. The number of benzene rings is 2. The van der Waals surface area contributed by atoms with Gasteiger partial charge in [0.05, 0.1) is 5.56 Å². The van der Waals surface area contributed by atoms with Crippen LogP contribution in [-0.4, -0.2) is 24.6 Å². The number of para-hydroxylation sites is 1. The van der Waals surface area contributed by atoms with Gasteiger partial charge < -0.3 is 14.8 Å². The Bertz CT molecular complexity index is 763. The number of alkyl halides is 3. The van der Waals surface area contributed by atoms with Gasteiger partial charge in [-0.05, 0) is 37.3 Å². The molecule has 26 heavy (non-hydrogen) atoms. The summed E-state index contributed by atoms with van der Waals surface area (Å²) in [5.74, 6) is -1.07. The van der Waals surface area contributed by atoms with Gasteiger partial charge in [-0.25, -0.2) is 4.79 Å². The molecule has 2 rings (SSSR count). The summed E-state index contributed by atoms with van der Waals surface area (Å²) in [5, 5.41) is 2.28. The highest BCUT2D eigenvalue weighted by Gasteiger charge is 2.30. The molecule has 0 aliphatic rings. The number of esters is 1. The van der Waals surface area contributed by atoms with E-state index in [1.165, 1.54) is 19.1 Å². The highest BCUT2D eigenvalue weighted by molar-refractivity contribution is 5.95. The van der Waals surface area contributed by atoms with E-state index in [0.717, 1.165) is 12.1 Å². The van der Waals surface area contributed by atoms with Crippen LogP contribution in [0.25, 0.3) is 0 Å². The van der Waals surface area contributed by atoms with Gasteiger partial charge in [0.1, 0.15) is 5.75 Å². The average Bonchev–Trinajstić information content (AvgIpc) is 2.60. The molecule has 5 nitrogen and oxygen atoms in total. The van der Waals surface area contributed by atoms with E-state index in [1.54, 1.807) is 30.3 Å². The fourth-order valence-corrected chi connectivity index (χ4v) is 1.96. The molecule has 0 aromatic heterocycles. The van der Waals surface area contributed by atoms with Crippen LogP contribution in [0.4, 0.5) is 18.9 Å². The molecule has 8 heteroatoms. The van der Waals surface area contributed by atoms with Gasteiger partial charge in [0.25, 0.3) is 5.91 Å². The minimum Gasteiger partial charge on any atom is -0.482 e. The van der Waals surface area contributed by atoms with E-state index < -0.39 is 36.3 Å². The van der Waals surface area contributed by atoms with Crippen molar-refractivity contribution < 1.29 is 32.2 Å². The number of amides is 1. The molecule has 2 aromatic carbocycles. The quantitative estimate of drug-likeness (QED) is 0.792. The van der Waals surface area contributed by atoms with Crippen molar-refractivity contribution in [3.05, 3.63) is 60.2 Å². The maximum Gasteiger partial charge on any atom is 0.416 e. The predicted molar refractivity (Wildman–Crippen MR) is 87.6 cm³/mol.